The molecule has 6 nitrogen and oxygen atoms in total. The van der Waals surface area contributed by atoms with Crippen molar-refractivity contribution in [1.82, 2.24) is 15.1 Å². The Morgan fingerprint density at radius 1 is 1.38 bits per heavy atom. The molecule has 7 heteroatoms. The van der Waals surface area contributed by atoms with Crippen LogP contribution in [0.2, 0.25) is 0 Å². The molecular formula is C17H21N3O3S. The van der Waals surface area contributed by atoms with Gasteiger partial charge in [-0.3, -0.25) is 4.79 Å². The molecule has 1 N–H and O–H groups in total. The van der Waals surface area contributed by atoms with Gasteiger partial charge in [0.15, 0.2) is 9.84 Å². The SMILES string of the molecule is Cc1cccc(-n2ncc(C(=O)NC[C@@H]3CCS(=O)(=O)C3)c2C)c1. The minimum absolute atomic E-state index is 0.00562. The second kappa shape index (κ2) is 6.39. The first-order valence-corrected chi connectivity index (χ1v) is 9.78. The molecule has 2 heterocycles. The van der Waals surface area contributed by atoms with Gasteiger partial charge in [-0.25, -0.2) is 13.1 Å². The van der Waals surface area contributed by atoms with Crippen molar-refractivity contribution in [3.05, 3.63) is 47.3 Å². The molecule has 1 amide bonds. The molecule has 1 saturated heterocycles. The number of hydrogen-bond donors (Lipinski definition) is 1. The minimum Gasteiger partial charge on any atom is -0.352 e. The molecule has 3 rings (SSSR count). The van der Waals surface area contributed by atoms with Crippen LogP contribution in [-0.4, -0.2) is 42.2 Å². The lowest BCUT2D eigenvalue weighted by Gasteiger charge is -2.10. The maximum atomic E-state index is 12.4. The topological polar surface area (TPSA) is 81.1 Å². The van der Waals surface area contributed by atoms with Gasteiger partial charge in [0.25, 0.3) is 5.91 Å². The normalized spacial score (nSPS) is 19.3. The second-order valence-corrected chi connectivity index (χ2v) is 8.60. The Kier molecular flexibility index (Phi) is 4.45. The van der Waals surface area contributed by atoms with E-state index in [-0.39, 0.29) is 23.3 Å². The molecule has 0 unspecified atom stereocenters. The molecule has 24 heavy (non-hydrogen) atoms. The van der Waals surface area contributed by atoms with Gasteiger partial charge in [0.2, 0.25) is 0 Å². The Bertz CT molecular complexity index is 871. The van der Waals surface area contributed by atoms with Crippen molar-refractivity contribution in [2.24, 2.45) is 5.92 Å². The zero-order valence-electron chi connectivity index (χ0n) is 13.8. The van der Waals surface area contributed by atoms with Crippen LogP contribution in [0.15, 0.2) is 30.5 Å². The van der Waals surface area contributed by atoms with Crippen molar-refractivity contribution in [2.75, 3.05) is 18.1 Å². The van der Waals surface area contributed by atoms with Gasteiger partial charge >= 0.3 is 0 Å². The number of aromatic nitrogens is 2. The molecule has 0 aliphatic carbocycles. The fourth-order valence-electron chi connectivity index (χ4n) is 3.02. The number of carbonyl (C=O) groups is 1. The number of hydrogen-bond acceptors (Lipinski definition) is 4. The van der Waals surface area contributed by atoms with E-state index in [1.807, 2.05) is 38.1 Å². The standard InChI is InChI=1S/C17H21N3O3S/c1-12-4-3-5-15(8-12)20-13(2)16(10-19-20)17(21)18-9-14-6-7-24(22,23)11-14/h3-5,8,10,14H,6-7,9,11H2,1-2H3,(H,18,21)/t14-/m0/s1. The molecule has 1 aliphatic heterocycles. The van der Waals surface area contributed by atoms with Gasteiger partial charge < -0.3 is 5.32 Å². The summed E-state index contributed by atoms with van der Waals surface area (Å²) in [6.45, 7) is 4.24. The zero-order valence-corrected chi connectivity index (χ0v) is 14.6. The average molecular weight is 347 g/mol. The van der Waals surface area contributed by atoms with Gasteiger partial charge in [0.05, 0.1) is 34.6 Å². The summed E-state index contributed by atoms with van der Waals surface area (Å²) in [7, 11) is -2.92. The molecule has 1 aromatic heterocycles. The number of nitrogens with zero attached hydrogens (tertiary/aromatic N) is 2. The van der Waals surface area contributed by atoms with Crippen LogP contribution in [0.4, 0.5) is 0 Å². The molecule has 0 saturated carbocycles. The van der Waals surface area contributed by atoms with Crippen LogP contribution < -0.4 is 5.32 Å². The number of benzene rings is 1. The van der Waals surface area contributed by atoms with E-state index < -0.39 is 9.84 Å². The van der Waals surface area contributed by atoms with Gasteiger partial charge in [-0.1, -0.05) is 12.1 Å². The third-order valence-electron chi connectivity index (χ3n) is 4.38. The van der Waals surface area contributed by atoms with E-state index >= 15 is 0 Å². The van der Waals surface area contributed by atoms with Gasteiger partial charge in [-0.2, -0.15) is 5.10 Å². The molecule has 1 fully saturated rings. The molecule has 1 aromatic carbocycles. The summed E-state index contributed by atoms with van der Waals surface area (Å²) < 4.78 is 24.7. The monoisotopic (exact) mass is 347 g/mol. The highest BCUT2D eigenvalue weighted by molar-refractivity contribution is 7.91. The van der Waals surface area contributed by atoms with Crippen LogP contribution in [0, 0.1) is 19.8 Å². The van der Waals surface area contributed by atoms with Crippen LogP contribution in [0.5, 0.6) is 0 Å². The third kappa shape index (κ3) is 3.51. The van der Waals surface area contributed by atoms with Crippen LogP contribution in [0.1, 0.15) is 28.0 Å². The molecule has 0 bridgehead atoms. The van der Waals surface area contributed by atoms with Crippen molar-refractivity contribution in [1.29, 1.82) is 0 Å². The summed E-state index contributed by atoms with van der Waals surface area (Å²) >= 11 is 0. The highest BCUT2D eigenvalue weighted by Crippen LogP contribution is 2.18. The molecular weight excluding hydrogens is 326 g/mol. The van der Waals surface area contributed by atoms with Crippen molar-refractivity contribution in [3.8, 4) is 5.69 Å². The fraction of sp³-hybridized carbons (Fsp3) is 0.412. The van der Waals surface area contributed by atoms with E-state index in [4.69, 9.17) is 0 Å². The molecule has 0 radical (unpaired) electrons. The number of aryl methyl sites for hydroxylation is 1. The number of sulfone groups is 1. The second-order valence-electron chi connectivity index (χ2n) is 6.37. The van der Waals surface area contributed by atoms with Crippen LogP contribution in [0.25, 0.3) is 5.69 Å². The summed E-state index contributed by atoms with van der Waals surface area (Å²) in [4.78, 5) is 12.4. The first-order valence-electron chi connectivity index (χ1n) is 7.96. The van der Waals surface area contributed by atoms with Gasteiger partial charge in [-0.05, 0) is 43.9 Å². The van der Waals surface area contributed by atoms with E-state index in [1.165, 1.54) is 0 Å². The van der Waals surface area contributed by atoms with Crippen molar-refractivity contribution in [3.63, 3.8) is 0 Å². The summed E-state index contributed by atoms with van der Waals surface area (Å²) in [5, 5.41) is 7.15. The summed E-state index contributed by atoms with van der Waals surface area (Å²) in [5.74, 6) is 0.175. The summed E-state index contributed by atoms with van der Waals surface area (Å²) in [5.41, 5.74) is 3.30. The molecule has 0 spiro atoms. The maximum Gasteiger partial charge on any atom is 0.254 e. The predicted octanol–water partition coefficient (Wildman–Crippen LogP) is 1.65. The zero-order chi connectivity index (χ0) is 17.3. The highest BCUT2D eigenvalue weighted by atomic mass is 32.2. The molecule has 1 aliphatic rings. The molecule has 128 valence electrons. The maximum absolute atomic E-state index is 12.4. The number of carbonyl (C=O) groups excluding carboxylic acids is 1. The van der Waals surface area contributed by atoms with Crippen LogP contribution >= 0.6 is 0 Å². The Labute approximate surface area is 141 Å². The number of rotatable bonds is 4. The Morgan fingerprint density at radius 3 is 2.83 bits per heavy atom. The third-order valence-corrected chi connectivity index (χ3v) is 6.22. The fourth-order valence-corrected chi connectivity index (χ4v) is 4.88. The Hall–Kier alpha value is -2.15. The smallest absolute Gasteiger partial charge is 0.254 e. The lowest BCUT2D eigenvalue weighted by Crippen LogP contribution is -2.30. The lowest BCUT2D eigenvalue weighted by atomic mass is 10.1. The average Bonchev–Trinajstić information content (AvgIpc) is 3.07. The first-order chi connectivity index (χ1) is 11.4. The van der Waals surface area contributed by atoms with Crippen LogP contribution in [0.3, 0.4) is 0 Å². The van der Waals surface area contributed by atoms with Gasteiger partial charge in [0, 0.05) is 6.54 Å². The summed E-state index contributed by atoms with van der Waals surface area (Å²) in [6, 6.07) is 7.90. The van der Waals surface area contributed by atoms with Crippen molar-refractivity contribution in [2.45, 2.75) is 20.3 Å². The number of nitrogens with one attached hydrogen (secondary N) is 1. The first kappa shape index (κ1) is 16.7. The summed E-state index contributed by atoms with van der Waals surface area (Å²) in [6.07, 6.45) is 2.17. The Balaban J connectivity index is 1.70. The molecule has 1 atom stereocenters. The van der Waals surface area contributed by atoms with Gasteiger partial charge in [-0.15, -0.1) is 0 Å². The van der Waals surface area contributed by atoms with Crippen LogP contribution in [-0.2, 0) is 9.84 Å². The van der Waals surface area contributed by atoms with E-state index in [2.05, 4.69) is 10.4 Å². The molecule has 2 aromatic rings. The lowest BCUT2D eigenvalue weighted by molar-refractivity contribution is 0.0948. The van der Waals surface area contributed by atoms with E-state index in [0.717, 1.165) is 16.9 Å². The predicted molar refractivity (Wildman–Crippen MR) is 92.1 cm³/mol. The van der Waals surface area contributed by atoms with Crippen molar-refractivity contribution < 1.29 is 13.2 Å². The quantitative estimate of drug-likeness (QED) is 0.912. The van der Waals surface area contributed by atoms with Crippen molar-refractivity contribution >= 4 is 15.7 Å². The van der Waals surface area contributed by atoms with E-state index in [0.29, 0.717) is 18.5 Å². The largest absolute Gasteiger partial charge is 0.352 e. The minimum atomic E-state index is -2.92. The number of amides is 1. The Morgan fingerprint density at radius 2 is 2.17 bits per heavy atom. The van der Waals surface area contributed by atoms with E-state index in [1.54, 1.807) is 10.9 Å². The van der Waals surface area contributed by atoms with E-state index in [9.17, 15) is 13.2 Å². The van der Waals surface area contributed by atoms with Gasteiger partial charge in [0.1, 0.15) is 0 Å². The highest BCUT2D eigenvalue weighted by Gasteiger charge is 2.28.